The molecule has 1 aliphatic rings. The van der Waals surface area contributed by atoms with E-state index in [1.54, 1.807) is 38.5 Å². The number of anilines is 2. The van der Waals surface area contributed by atoms with Crippen molar-refractivity contribution in [2.45, 2.75) is 20.8 Å². The number of carbonyl (C=O) groups excluding carboxylic acids is 2. The van der Waals surface area contributed by atoms with Gasteiger partial charge in [-0.25, -0.2) is 4.90 Å². The van der Waals surface area contributed by atoms with Gasteiger partial charge < -0.3 is 14.8 Å². The fourth-order valence-corrected chi connectivity index (χ4v) is 3.86. The van der Waals surface area contributed by atoms with Gasteiger partial charge in [0.1, 0.15) is 17.2 Å². The zero-order chi connectivity index (χ0) is 23.7. The van der Waals surface area contributed by atoms with Crippen molar-refractivity contribution in [3.05, 3.63) is 88.6 Å². The van der Waals surface area contributed by atoms with Crippen LogP contribution in [0.5, 0.6) is 11.5 Å². The number of ether oxygens (including phenoxy) is 2. The van der Waals surface area contributed by atoms with Crippen LogP contribution in [0, 0.1) is 20.8 Å². The average molecular weight is 443 g/mol. The highest BCUT2D eigenvalue weighted by molar-refractivity contribution is 6.46. The number of nitrogens with zero attached hydrogens (tertiary/aromatic N) is 1. The average Bonchev–Trinajstić information content (AvgIpc) is 3.04. The van der Waals surface area contributed by atoms with E-state index in [0.29, 0.717) is 34.0 Å². The van der Waals surface area contributed by atoms with Crippen molar-refractivity contribution in [1.29, 1.82) is 0 Å². The summed E-state index contributed by atoms with van der Waals surface area (Å²) in [5.41, 5.74) is 5.34. The topological polar surface area (TPSA) is 67.9 Å². The molecule has 1 heterocycles. The Balaban J connectivity index is 1.88. The largest absolute Gasteiger partial charge is 0.497 e. The normalized spacial score (nSPS) is 13.5. The fourth-order valence-electron chi connectivity index (χ4n) is 3.86. The molecule has 0 saturated carbocycles. The lowest BCUT2D eigenvalue weighted by Gasteiger charge is -2.16. The van der Waals surface area contributed by atoms with E-state index in [4.69, 9.17) is 9.47 Å². The first-order chi connectivity index (χ1) is 15.8. The van der Waals surface area contributed by atoms with E-state index in [1.165, 1.54) is 4.90 Å². The van der Waals surface area contributed by atoms with Crippen molar-refractivity contribution >= 4 is 28.8 Å². The highest BCUT2D eigenvalue weighted by Gasteiger charge is 2.40. The number of benzene rings is 3. The third kappa shape index (κ3) is 4.07. The number of rotatable bonds is 6. The number of hydrogen-bond acceptors (Lipinski definition) is 5. The van der Waals surface area contributed by atoms with E-state index in [-0.39, 0.29) is 11.6 Å². The fraction of sp³-hybridized carbons (Fsp3) is 0.185. The van der Waals surface area contributed by atoms with Crippen LogP contribution in [0.2, 0.25) is 0 Å². The standard InChI is InChI=1S/C27H26N2O4/c1-16-7-6-8-20(13-16)29-26(30)24(19-10-9-17(2)18(3)14-19)25(27(29)31)28-22-15-21(32-4)11-12-23(22)33-5/h6-15,28H,1-5H3. The molecule has 3 aromatic carbocycles. The minimum Gasteiger partial charge on any atom is -0.497 e. The Morgan fingerprint density at radius 1 is 0.788 bits per heavy atom. The summed E-state index contributed by atoms with van der Waals surface area (Å²) < 4.78 is 10.8. The van der Waals surface area contributed by atoms with Crippen molar-refractivity contribution in [2.24, 2.45) is 0 Å². The molecule has 3 aromatic rings. The third-order valence-corrected chi connectivity index (χ3v) is 5.81. The molecule has 0 aliphatic carbocycles. The summed E-state index contributed by atoms with van der Waals surface area (Å²) in [6.45, 7) is 5.91. The summed E-state index contributed by atoms with van der Waals surface area (Å²) in [5, 5.41) is 3.17. The Bertz CT molecular complexity index is 1290. The Labute approximate surface area is 193 Å². The molecule has 0 unspecified atom stereocenters. The Morgan fingerprint density at radius 3 is 2.24 bits per heavy atom. The predicted octanol–water partition coefficient (Wildman–Crippen LogP) is 5.03. The molecule has 0 fully saturated rings. The van der Waals surface area contributed by atoms with Gasteiger partial charge in [0.25, 0.3) is 11.8 Å². The van der Waals surface area contributed by atoms with E-state index in [9.17, 15) is 9.59 Å². The lowest BCUT2D eigenvalue weighted by molar-refractivity contribution is -0.120. The molecular formula is C27H26N2O4. The second kappa shape index (κ2) is 8.82. The minimum atomic E-state index is -0.427. The molecule has 33 heavy (non-hydrogen) atoms. The van der Waals surface area contributed by atoms with Crippen LogP contribution in [-0.4, -0.2) is 26.0 Å². The molecule has 2 amide bonds. The van der Waals surface area contributed by atoms with E-state index < -0.39 is 5.91 Å². The summed E-state index contributed by atoms with van der Waals surface area (Å²) in [4.78, 5) is 28.5. The molecule has 0 bridgehead atoms. The number of imide groups is 1. The van der Waals surface area contributed by atoms with Crippen molar-refractivity contribution in [2.75, 3.05) is 24.4 Å². The van der Waals surface area contributed by atoms with Gasteiger partial charge in [-0.3, -0.25) is 9.59 Å². The first-order valence-corrected chi connectivity index (χ1v) is 10.6. The summed E-state index contributed by atoms with van der Waals surface area (Å²) in [6, 6.07) is 18.3. The smallest absolute Gasteiger partial charge is 0.282 e. The van der Waals surface area contributed by atoms with Gasteiger partial charge in [0, 0.05) is 6.07 Å². The number of amides is 2. The monoisotopic (exact) mass is 442 g/mol. The van der Waals surface area contributed by atoms with E-state index in [0.717, 1.165) is 16.7 Å². The van der Waals surface area contributed by atoms with E-state index in [1.807, 2.05) is 57.2 Å². The zero-order valence-electron chi connectivity index (χ0n) is 19.4. The Hall–Kier alpha value is -4.06. The molecule has 0 aromatic heterocycles. The predicted molar refractivity (Wildman–Crippen MR) is 130 cm³/mol. The van der Waals surface area contributed by atoms with Gasteiger partial charge in [0.05, 0.1) is 31.2 Å². The third-order valence-electron chi connectivity index (χ3n) is 5.81. The number of nitrogens with one attached hydrogen (secondary N) is 1. The molecule has 168 valence electrons. The van der Waals surface area contributed by atoms with Crippen molar-refractivity contribution in [3.8, 4) is 11.5 Å². The van der Waals surface area contributed by atoms with Crippen LogP contribution in [0.3, 0.4) is 0 Å². The molecule has 0 saturated heterocycles. The molecule has 0 spiro atoms. The summed E-state index contributed by atoms with van der Waals surface area (Å²) in [5.74, 6) is 0.317. The van der Waals surface area contributed by atoms with Gasteiger partial charge in [-0.05, 0) is 67.3 Å². The van der Waals surface area contributed by atoms with Crippen LogP contribution in [-0.2, 0) is 9.59 Å². The number of methoxy groups -OCH3 is 2. The maximum Gasteiger partial charge on any atom is 0.282 e. The number of aryl methyl sites for hydroxylation is 3. The van der Waals surface area contributed by atoms with Gasteiger partial charge in [-0.1, -0.05) is 30.3 Å². The number of carbonyl (C=O) groups is 2. The molecule has 6 nitrogen and oxygen atoms in total. The second-order valence-electron chi connectivity index (χ2n) is 8.02. The first-order valence-electron chi connectivity index (χ1n) is 10.6. The second-order valence-corrected chi connectivity index (χ2v) is 8.02. The summed E-state index contributed by atoms with van der Waals surface area (Å²) in [6.07, 6.45) is 0. The molecule has 1 N–H and O–H groups in total. The zero-order valence-corrected chi connectivity index (χ0v) is 19.4. The first kappa shape index (κ1) is 22.1. The molecule has 6 heteroatoms. The van der Waals surface area contributed by atoms with Crippen molar-refractivity contribution in [3.63, 3.8) is 0 Å². The lowest BCUT2D eigenvalue weighted by Crippen LogP contribution is -2.32. The molecular weight excluding hydrogens is 416 g/mol. The minimum absolute atomic E-state index is 0.191. The van der Waals surface area contributed by atoms with E-state index in [2.05, 4.69) is 5.32 Å². The van der Waals surface area contributed by atoms with Crippen LogP contribution in [0.4, 0.5) is 11.4 Å². The van der Waals surface area contributed by atoms with Gasteiger partial charge in [-0.2, -0.15) is 0 Å². The molecule has 0 atom stereocenters. The summed E-state index contributed by atoms with van der Waals surface area (Å²) in [7, 11) is 3.11. The quantitative estimate of drug-likeness (QED) is 0.543. The Morgan fingerprint density at radius 2 is 1.58 bits per heavy atom. The maximum absolute atomic E-state index is 13.7. The van der Waals surface area contributed by atoms with Crippen LogP contribution in [0.25, 0.3) is 5.57 Å². The molecule has 1 aliphatic heterocycles. The highest BCUT2D eigenvalue weighted by Crippen LogP contribution is 2.37. The molecule has 0 radical (unpaired) electrons. The van der Waals surface area contributed by atoms with Gasteiger partial charge >= 0.3 is 0 Å². The molecule has 4 rings (SSSR count). The van der Waals surface area contributed by atoms with Crippen LogP contribution in [0.1, 0.15) is 22.3 Å². The van der Waals surface area contributed by atoms with Gasteiger partial charge in [0.2, 0.25) is 0 Å². The van der Waals surface area contributed by atoms with Gasteiger partial charge in [-0.15, -0.1) is 0 Å². The number of hydrogen-bond donors (Lipinski definition) is 1. The highest BCUT2D eigenvalue weighted by atomic mass is 16.5. The lowest BCUT2D eigenvalue weighted by atomic mass is 9.99. The van der Waals surface area contributed by atoms with Gasteiger partial charge in [0.15, 0.2) is 0 Å². The van der Waals surface area contributed by atoms with Crippen LogP contribution < -0.4 is 19.7 Å². The Kier molecular flexibility index (Phi) is 5.92. The van der Waals surface area contributed by atoms with Crippen LogP contribution in [0.15, 0.2) is 66.4 Å². The van der Waals surface area contributed by atoms with Crippen molar-refractivity contribution < 1.29 is 19.1 Å². The SMILES string of the molecule is COc1ccc(OC)c(NC2=C(c3ccc(C)c(C)c3)C(=O)N(c3cccc(C)c3)C2=O)c1. The summed E-state index contributed by atoms with van der Waals surface area (Å²) >= 11 is 0. The van der Waals surface area contributed by atoms with Crippen LogP contribution >= 0.6 is 0 Å². The van der Waals surface area contributed by atoms with Crippen molar-refractivity contribution in [1.82, 2.24) is 0 Å². The van der Waals surface area contributed by atoms with E-state index >= 15 is 0 Å². The maximum atomic E-state index is 13.7.